The first-order valence-electron chi connectivity index (χ1n) is 10.3. The first-order valence-corrected chi connectivity index (χ1v) is 10.7. The Morgan fingerprint density at radius 3 is 2.67 bits per heavy atom. The molecule has 0 unspecified atom stereocenters. The van der Waals surface area contributed by atoms with Gasteiger partial charge >= 0.3 is 0 Å². The van der Waals surface area contributed by atoms with E-state index in [-0.39, 0.29) is 12.5 Å². The van der Waals surface area contributed by atoms with Gasteiger partial charge in [-0.05, 0) is 54.4 Å². The van der Waals surface area contributed by atoms with Crippen LogP contribution in [0.4, 0.5) is 5.69 Å². The molecule has 168 valence electrons. The molecule has 0 aliphatic heterocycles. The van der Waals surface area contributed by atoms with Crippen LogP contribution in [0.15, 0.2) is 77.2 Å². The number of nitrogens with zero attached hydrogens (tertiary/aromatic N) is 2. The Balaban J connectivity index is 1.31. The molecule has 1 heterocycles. The van der Waals surface area contributed by atoms with Gasteiger partial charge in [0, 0.05) is 28.8 Å². The highest BCUT2D eigenvalue weighted by molar-refractivity contribution is 6.30. The van der Waals surface area contributed by atoms with Crippen LogP contribution in [0, 0.1) is 0 Å². The van der Waals surface area contributed by atoms with Crippen molar-refractivity contribution in [3.8, 4) is 23.0 Å². The van der Waals surface area contributed by atoms with Crippen LogP contribution in [-0.4, -0.2) is 23.2 Å². The fourth-order valence-corrected chi connectivity index (χ4v) is 3.34. The predicted octanol–water partition coefficient (Wildman–Crippen LogP) is 5.55. The number of methoxy groups -OCH3 is 1. The Kier molecular flexibility index (Phi) is 7.22. The Labute approximate surface area is 196 Å². The van der Waals surface area contributed by atoms with Crippen LogP contribution >= 0.6 is 11.6 Å². The van der Waals surface area contributed by atoms with Crippen LogP contribution in [0.3, 0.4) is 0 Å². The van der Waals surface area contributed by atoms with Crippen LogP contribution in [0.2, 0.25) is 5.02 Å². The van der Waals surface area contributed by atoms with E-state index >= 15 is 0 Å². The highest BCUT2D eigenvalue weighted by Gasteiger charge is 2.10. The molecule has 0 fully saturated rings. The monoisotopic (exact) mass is 463 g/mol. The average molecular weight is 464 g/mol. The number of hydrogen-bond acceptors (Lipinski definition) is 6. The van der Waals surface area contributed by atoms with E-state index in [4.69, 9.17) is 25.5 Å². The summed E-state index contributed by atoms with van der Waals surface area (Å²) in [4.78, 5) is 12.4. The molecule has 0 aliphatic rings. The van der Waals surface area contributed by atoms with Gasteiger partial charge in [0.15, 0.2) is 6.61 Å². The number of para-hydroxylation sites is 1. The van der Waals surface area contributed by atoms with Gasteiger partial charge in [0.1, 0.15) is 11.5 Å². The van der Waals surface area contributed by atoms with E-state index in [1.54, 1.807) is 55.6 Å². The number of rotatable bonds is 9. The summed E-state index contributed by atoms with van der Waals surface area (Å²) in [5.41, 5.74) is 2.41. The number of ether oxygens (including phenoxy) is 2. The summed E-state index contributed by atoms with van der Waals surface area (Å²) in [6.07, 6.45) is 0.917. The molecule has 0 bridgehead atoms. The fraction of sp³-hybridized carbons (Fsp3) is 0.160. The minimum absolute atomic E-state index is 0.0948. The summed E-state index contributed by atoms with van der Waals surface area (Å²) in [5, 5.41) is 11.6. The maximum absolute atomic E-state index is 12.4. The molecule has 1 N–H and O–H groups in total. The van der Waals surface area contributed by atoms with E-state index in [0.29, 0.717) is 41.1 Å². The Hall–Kier alpha value is -3.84. The van der Waals surface area contributed by atoms with Gasteiger partial charge in [-0.1, -0.05) is 35.9 Å². The highest BCUT2D eigenvalue weighted by atomic mass is 35.5. The summed E-state index contributed by atoms with van der Waals surface area (Å²) < 4.78 is 16.7. The van der Waals surface area contributed by atoms with Crippen molar-refractivity contribution in [3.05, 3.63) is 89.3 Å². The lowest BCUT2D eigenvalue weighted by Crippen LogP contribution is -2.12. The first-order chi connectivity index (χ1) is 16.1. The predicted molar refractivity (Wildman–Crippen MR) is 125 cm³/mol. The second-order valence-corrected chi connectivity index (χ2v) is 7.62. The highest BCUT2D eigenvalue weighted by Crippen LogP contribution is 2.23. The van der Waals surface area contributed by atoms with Crippen molar-refractivity contribution in [1.29, 1.82) is 0 Å². The number of hydrogen-bond donors (Lipinski definition) is 1. The molecule has 0 spiro atoms. The van der Waals surface area contributed by atoms with Crippen molar-refractivity contribution in [2.75, 3.05) is 12.4 Å². The largest absolute Gasteiger partial charge is 0.496 e. The molecule has 4 aromatic rings. The SMILES string of the molecule is COc1ccccc1CCC(=O)Nc1cccc(OCc2nnc(-c3ccc(Cl)cc3)o2)c1. The summed E-state index contributed by atoms with van der Waals surface area (Å²) in [5.74, 6) is 1.99. The third-order valence-corrected chi connectivity index (χ3v) is 5.10. The molecule has 0 radical (unpaired) electrons. The second-order valence-electron chi connectivity index (χ2n) is 7.18. The number of nitrogens with one attached hydrogen (secondary N) is 1. The molecule has 33 heavy (non-hydrogen) atoms. The number of carbonyl (C=O) groups excluding carboxylic acids is 1. The van der Waals surface area contributed by atoms with E-state index in [1.807, 2.05) is 24.3 Å². The lowest BCUT2D eigenvalue weighted by atomic mass is 10.1. The normalized spacial score (nSPS) is 10.6. The zero-order valence-electron chi connectivity index (χ0n) is 18.0. The zero-order valence-corrected chi connectivity index (χ0v) is 18.7. The van der Waals surface area contributed by atoms with E-state index in [9.17, 15) is 4.79 Å². The van der Waals surface area contributed by atoms with Gasteiger partial charge in [-0.15, -0.1) is 10.2 Å². The lowest BCUT2D eigenvalue weighted by Gasteiger charge is -2.10. The molecular formula is C25H22ClN3O4. The number of benzene rings is 3. The van der Waals surface area contributed by atoms with E-state index in [0.717, 1.165) is 16.9 Å². The summed E-state index contributed by atoms with van der Waals surface area (Å²) in [7, 11) is 1.62. The Bertz CT molecular complexity index is 1220. The van der Waals surface area contributed by atoms with Crippen molar-refractivity contribution in [3.63, 3.8) is 0 Å². The molecule has 0 saturated heterocycles. The van der Waals surface area contributed by atoms with Crippen LogP contribution < -0.4 is 14.8 Å². The second kappa shape index (κ2) is 10.7. The number of aromatic nitrogens is 2. The number of carbonyl (C=O) groups is 1. The van der Waals surface area contributed by atoms with Crippen LogP contribution in [0.1, 0.15) is 17.9 Å². The summed E-state index contributed by atoms with van der Waals surface area (Å²) in [6, 6.07) is 21.9. The minimum atomic E-state index is -0.0948. The quantitative estimate of drug-likeness (QED) is 0.350. The molecule has 1 aromatic heterocycles. The van der Waals surface area contributed by atoms with Gasteiger partial charge in [-0.25, -0.2) is 0 Å². The molecule has 0 saturated carbocycles. The molecule has 0 atom stereocenters. The van der Waals surface area contributed by atoms with Crippen LogP contribution in [-0.2, 0) is 17.8 Å². The van der Waals surface area contributed by atoms with Gasteiger partial charge in [0.05, 0.1) is 7.11 Å². The fourth-order valence-electron chi connectivity index (χ4n) is 3.21. The van der Waals surface area contributed by atoms with Gasteiger partial charge in [-0.2, -0.15) is 0 Å². The van der Waals surface area contributed by atoms with Gasteiger partial charge in [0.25, 0.3) is 5.89 Å². The van der Waals surface area contributed by atoms with Gasteiger partial charge in [0.2, 0.25) is 11.8 Å². The van der Waals surface area contributed by atoms with Crippen molar-refractivity contribution in [2.24, 2.45) is 0 Å². The molecule has 1 amide bonds. The number of anilines is 1. The van der Waals surface area contributed by atoms with E-state index < -0.39 is 0 Å². The summed E-state index contributed by atoms with van der Waals surface area (Å²) >= 11 is 5.91. The maximum atomic E-state index is 12.4. The van der Waals surface area contributed by atoms with Gasteiger partial charge < -0.3 is 19.2 Å². The van der Waals surface area contributed by atoms with Gasteiger partial charge in [-0.3, -0.25) is 4.79 Å². The van der Waals surface area contributed by atoms with Crippen molar-refractivity contribution in [2.45, 2.75) is 19.4 Å². The van der Waals surface area contributed by atoms with Crippen LogP contribution in [0.25, 0.3) is 11.5 Å². The Morgan fingerprint density at radius 1 is 1.03 bits per heavy atom. The number of aryl methyl sites for hydroxylation is 1. The summed E-state index contributed by atoms with van der Waals surface area (Å²) in [6.45, 7) is 0.103. The standard InChI is InChI=1S/C25H22ClN3O4/c1-31-22-8-3-2-5-17(22)11-14-23(30)27-20-6-4-7-21(15-20)32-16-24-28-29-25(33-24)18-9-12-19(26)13-10-18/h2-10,12-13,15H,11,14,16H2,1H3,(H,27,30). The maximum Gasteiger partial charge on any atom is 0.254 e. The molecule has 3 aromatic carbocycles. The number of halogens is 1. The molecular weight excluding hydrogens is 442 g/mol. The minimum Gasteiger partial charge on any atom is -0.496 e. The molecule has 0 aliphatic carbocycles. The third-order valence-electron chi connectivity index (χ3n) is 4.85. The van der Waals surface area contributed by atoms with E-state index in [1.165, 1.54) is 0 Å². The first kappa shape index (κ1) is 22.4. The molecule has 4 rings (SSSR count). The number of amides is 1. The topological polar surface area (TPSA) is 86.5 Å². The average Bonchev–Trinajstić information content (AvgIpc) is 3.31. The van der Waals surface area contributed by atoms with Crippen molar-refractivity contribution in [1.82, 2.24) is 10.2 Å². The molecule has 7 nitrogen and oxygen atoms in total. The smallest absolute Gasteiger partial charge is 0.254 e. The zero-order chi connectivity index (χ0) is 23.0. The van der Waals surface area contributed by atoms with E-state index in [2.05, 4.69) is 15.5 Å². The van der Waals surface area contributed by atoms with Crippen molar-refractivity contribution < 1.29 is 18.7 Å². The van der Waals surface area contributed by atoms with Crippen LogP contribution in [0.5, 0.6) is 11.5 Å². The van der Waals surface area contributed by atoms with Crippen molar-refractivity contribution >= 4 is 23.2 Å². The lowest BCUT2D eigenvalue weighted by molar-refractivity contribution is -0.116. The third kappa shape index (κ3) is 6.11. The Morgan fingerprint density at radius 2 is 1.85 bits per heavy atom. The molecule has 8 heteroatoms.